The highest BCUT2D eigenvalue weighted by Crippen LogP contribution is 2.26. The Morgan fingerprint density at radius 1 is 1.13 bits per heavy atom. The summed E-state index contributed by atoms with van der Waals surface area (Å²) in [5, 5.41) is 12.4. The monoisotopic (exact) mass is 464 g/mol. The Kier molecular flexibility index (Phi) is 9.68. The third kappa shape index (κ3) is 9.63. The van der Waals surface area contributed by atoms with Crippen molar-refractivity contribution in [2.24, 2.45) is 0 Å². The summed E-state index contributed by atoms with van der Waals surface area (Å²) in [6.07, 6.45) is 2.65. The van der Waals surface area contributed by atoms with Crippen LogP contribution in [-0.4, -0.2) is 46.5 Å². The topological polar surface area (TPSA) is 78.9 Å². The lowest BCUT2D eigenvalue weighted by molar-refractivity contribution is -0.110. The molecule has 3 rings (SSSR count). The van der Waals surface area contributed by atoms with E-state index in [0.29, 0.717) is 5.56 Å². The van der Waals surface area contributed by atoms with Crippen molar-refractivity contribution in [3.8, 4) is 5.75 Å². The number of halogens is 1. The number of amides is 1. The predicted octanol–water partition coefficient (Wildman–Crippen LogP) is 5.12. The molecule has 0 atom stereocenters. The third-order valence-corrected chi connectivity index (χ3v) is 5.69. The number of carboxylic acid groups (broad SMARTS) is 1. The van der Waals surface area contributed by atoms with Crippen LogP contribution in [-0.2, 0) is 4.79 Å². The lowest BCUT2D eigenvalue weighted by Gasteiger charge is -2.30. The van der Waals surface area contributed by atoms with Gasteiger partial charge in [0, 0.05) is 29.0 Å². The summed E-state index contributed by atoms with van der Waals surface area (Å²) in [5.41, 5.74) is 0.159. The van der Waals surface area contributed by atoms with E-state index in [-0.39, 0.29) is 11.6 Å². The van der Waals surface area contributed by atoms with Gasteiger partial charge in [-0.05, 0) is 94.1 Å². The molecule has 1 amide bonds. The second-order valence-electron chi connectivity index (χ2n) is 8.08. The number of carbonyl (C=O) groups excluding carboxylic acids is 1. The number of nitrogens with zero attached hydrogens (tertiary/aromatic N) is 1. The molecule has 2 aromatic rings. The smallest absolute Gasteiger partial charge is 0.335 e. The summed E-state index contributed by atoms with van der Waals surface area (Å²) >= 11 is 7.36. The van der Waals surface area contributed by atoms with Gasteiger partial charge in [0.25, 0.3) is 0 Å². The first kappa shape index (κ1) is 25.0. The van der Waals surface area contributed by atoms with E-state index in [1.54, 1.807) is 24.1 Å². The number of carbonyl (C=O) groups is 2. The number of benzene rings is 2. The second kappa shape index (κ2) is 12.0. The van der Waals surface area contributed by atoms with Crippen molar-refractivity contribution in [1.82, 2.24) is 9.62 Å². The van der Waals surface area contributed by atoms with E-state index in [4.69, 9.17) is 21.4 Å². The zero-order valence-electron chi connectivity index (χ0n) is 18.0. The standard InChI is InChI=1S/C13H16N2O3S.C10H13ClO/c16-9-14-11-5-7-15(8-6-11)19-12-3-1-10(2-4-12)13(17)18;1-10(2,3)12-9-6-4-8(11)5-7-9/h1-4,9,11H,5-8H2,(H,14,16)(H,17,18);4-7H,1-3H3. The zero-order chi connectivity index (χ0) is 22.9. The Hall–Kier alpha value is -2.22. The molecule has 1 saturated heterocycles. The molecule has 0 aromatic heterocycles. The fourth-order valence-corrected chi connectivity index (χ4v) is 3.95. The molecule has 1 aliphatic heterocycles. The van der Waals surface area contributed by atoms with Gasteiger partial charge in [0.1, 0.15) is 11.4 Å². The van der Waals surface area contributed by atoms with Crippen LogP contribution in [0.25, 0.3) is 0 Å². The average Bonchev–Trinajstić information content (AvgIpc) is 2.71. The summed E-state index contributed by atoms with van der Waals surface area (Å²) in [4.78, 5) is 22.1. The van der Waals surface area contributed by atoms with Gasteiger partial charge in [-0.1, -0.05) is 11.6 Å². The van der Waals surface area contributed by atoms with Gasteiger partial charge in [-0.2, -0.15) is 0 Å². The molecule has 0 spiro atoms. The number of ether oxygens (including phenoxy) is 1. The molecular weight excluding hydrogens is 436 g/mol. The average molecular weight is 465 g/mol. The number of carboxylic acids is 1. The van der Waals surface area contributed by atoms with Gasteiger partial charge in [0.05, 0.1) is 5.56 Å². The van der Waals surface area contributed by atoms with Crippen LogP contribution in [0.2, 0.25) is 5.02 Å². The van der Waals surface area contributed by atoms with Crippen LogP contribution in [0.5, 0.6) is 5.75 Å². The maximum absolute atomic E-state index is 10.7. The zero-order valence-corrected chi connectivity index (χ0v) is 19.6. The first-order chi connectivity index (χ1) is 14.7. The summed E-state index contributed by atoms with van der Waals surface area (Å²) in [6.45, 7) is 7.87. The van der Waals surface area contributed by atoms with Crippen molar-refractivity contribution in [3.05, 3.63) is 59.1 Å². The van der Waals surface area contributed by atoms with Crippen LogP contribution in [0.4, 0.5) is 0 Å². The molecular formula is C23H29ClN2O4S. The number of hydrogen-bond donors (Lipinski definition) is 2. The Morgan fingerprint density at radius 3 is 2.19 bits per heavy atom. The molecule has 6 nitrogen and oxygen atoms in total. The number of piperidine rings is 1. The minimum Gasteiger partial charge on any atom is -0.488 e. The van der Waals surface area contributed by atoms with Crippen LogP contribution in [0.3, 0.4) is 0 Å². The van der Waals surface area contributed by atoms with Crippen LogP contribution in [0.15, 0.2) is 53.4 Å². The summed E-state index contributed by atoms with van der Waals surface area (Å²) in [5.74, 6) is -0.0517. The van der Waals surface area contributed by atoms with E-state index in [2.05, 4.69) is 9.62 Å². The van der Waals surface area contributed by atoms with Crippen LogP contribution >= 0.6 is 23.5 Å². The molecule has 2 aromatic carbocycles. The molecule has 1 fully saturated rings. The van der Waals surface area contributed by atoms with Crippen LogP contribution < -0.4 is 10.1 Å². The Morgan fingerprint density at radius 2 is 1.71 bits per heavy atom. The maximum Gasteiger partial charge on any atom is 0.335 e. The molecule has 2 N–H and O–H groups in total. The van der Waals surface area contributed by atoms with Gasteiger partial charge in [-0.3, -0.25) is 4.79 Å². The molecule has 1 heterocycles. The molecule has 8 heteroatoms. The first-order valence-electron chi connectivity index (χ1n) is 10.1. The quantitative estimate of drug-likeness (QED) is 0.456. The minimum atomic E-state index is -0.905. The molecule has 1 aliphatic rings. The van der Waals surface area contributed by atoms with Gasteiger partial charge in [0.2, 0.25) is 6.41 Å². The molecule has 0 radical (unpaired) electrons. The lowest BCUT2D eigenvalue weighted by Crippen LogP contribution is -2.39. The molecule has 168 valence electrons. The van der Waals surface area contributed by atoms with E-state index >= 15 is 0 Å². The summed E-state index contributed by atoms with van der Waals surface area (Å²) in [6, 6.07) is 14.5. The second-order valence-corrected chi connectivity index (χ2v) is 9.68. The molecule has 31 heavy (non-hydrogen) atoms. The van der Waals surface area contributed by atoms with E-state index in [1.807, 2.05) is 57.2 Å². The highest BCUT2D eigenvalue weighted by Gasteiger charge is 2.19. The maximum atomic E-state index is 10.7. The summed E-state index contributed by atoms with van der Waals surface area (Å²) in [7, 11) is 0. The van der Waals surface area contributed by atoms with Crippen molar-refractivity contribution in [2.45, 2.75) is 50.2 Å². The predicted molar refractivity (Wildman–Crippen MR) is 125 cm³/mol. The van der Waals surface area contributed by atoms with Gasteiger partial charge >= 0.3 is 5.97 Å². The SMILES string of the molecule is CC(C)(C)Oc1ccc(Cl)cc1.O=CNC1CCN(Sc2ccc(C(=O)O)cc2)CC1. The van der Waals surface area contributed by atoms with E-state index in [1.165, 1.54) is 0 Å². The van der Waals surface area contributed by atoms with Crippen LogP contribution in [0, 0.1) is 0 Å². The van der Waals surface area contributed by atoms with Crippen molar-refractivity contribution < 1.29 is 19.4 Å². The van der Waals surface area contributed by atoms with E-state index in [9.17, 15) is 9.59 Å². The fraction of sp³-hybridized carbons (Fsp3) is 0.391. The minimum absolute atomic E-state index is 0.145. The van der Waals surface area contributed by atoms with Crippen LogP contribution in [0.1, 0.15) is 44.0 Å². The Bertz CT molecular complexity index is 830. The first-order valence-corrected chi connectivity index (χ1v) is 11.2. The van der Waals surface area contributed by atoms with Crippen molar-refractivity contribution in [3.63, 3.8) is 0 Å². The Labute approximate surface area is 193 Å². The van der Waals surface area contributed by atoms with E-state index < -0.39 is 5.97 Å². The largest absolute Gasteiger partial charge is 0.488 e. The van der Waals surface area contributed by atoms with Crippen molar-refractivity contribution >= 4 is 35.9 Å². The lowest BCUT2D eigenvalue weighted by atomic mass is 10.1. The number of aromatic carboxylic acids is 1. The molecule has 0 bridgehead atoms. The number of nitrogens with one attached hydrogen (secondary N) is 1. The molecule has 0 aliphatic carbocycles. The normalized spacial score (nSPS) is 14.8. The highest BCUT2D eigenvalue weighted by atomic mass is 35.5. The highest BCUT2D eigenvalue weighted by molar-refractivity contribution is 7.97. The van der Waals surface area contributed by atoms with Gasteiger partial charge in [-0.25, -0.2) is 9.10 Å². The fourth-order valence-electron chi connectivity index (χ4n) is 2.87. The molecule has 0 unspecified atom stereocenters. The molecule has 0 saturated carbocycles. The van der Waals surface area contributed by atoms with E-state index in [0.717, 1.165) is 48.0 Å². The van der Waals surface area contributed by atoms with Gasteiger partial charge in [0.15, 0.2) is 0 Å². The van der Waals surface area contributed by atoms with Crippen molar-refractivity contribution in [2.75, 3.05) is 13.1 Å². The number of hydrogen-bond acceptors (Lipinski definition) is 5. The van der Waals surface area contributed by atoms with Crippen molar-refractivity contribution in [1.29, 1.82) is 0 Å². The number of rotatable bonds is 6. The Balaban J connectivity index is 0.000000245. The van der Waals surface area contributed by atoms with Gasteiger partial charge < -0.3 is 15.2 Å². The third-order valence-electron chi connectivity index (χ3n) is 4.33. The summed E-state index contributed by atoms with van der Waals surface area (Å²) < 4.78 is 7.83. The van der Waals surface area contributed by atoms with Gasteiger partial charge in [-0.15, -0.1) is 0 Å².